The highest BCUT2D eigenvalue weighted by molar-refractivity contribution is 6.10. The molecule has 0 aromatic rings. The molecule has 10 nitrogen and oxygen atoms in total. The molecule has 0 aromatic carbocycles. The number of cyclic esters (lactones) is 2. The zero-order valence-electron chi connectivity index (χ0n) is 21.4. The average molecular weight is 509 g/mol. The second-order valence-electron chi connectivity index (χ2n) is 8.99. The van der Waals surface area contributed by atoms with Crippen molar-refractivity contribution in [3.8, 4) is 0 Å². The van der Waals surface area contributed by atoms with Crippen LogP contribution >= 0.6 is 0 Å². The minimum atomic E-state index is -0.991. The molecule has 10 heteroatoms. The molecule has 0 amide bonds. The molecule has 1 heterocycles. The predicted octanol–water partition coefficient (Wildman–Crippen LogP) is 3.05. The first-order valence-electron chi connectivity index (χ1n) is 11.3. The van der Waals surface area contributed by atoms with Gasteiger partial charge in [0.15, 0.2) is 0 Å². The molecule has 2 N–H and O–H groups in total. The summed E-state index contributed by atoms with van der Waals surface area (Å²) in [4.78, 5) is 52.4. The van der Waals surface area contributed by atoms with Crippen molar-refractivity contribution in [3.05, 3.63) is 49.1 Å². The van der Waals surface area contributed by atoms with Crippen LogP contribution in [0.5, 0.6) is 0 Å². The lowest BCUT2D eigenvalue weighted by Crippen LogP contribution is -2.22. The zero-order chi connectivity index (χ0) is 28.1. The van der Waals surface area contributed by atoms with E-state index in [1.807, 2.05) is 20.8 Å². The Morgan fingerprint density at radius 1 is 1.25 bits per heavy atom. The summed E-state index contributed by atoms with van der Waals surface area (Å²) in [5.74, 6) is -2.27. The monoisotopic (exact) mass is 508 g/mol. The number of aliphatic hydroxyl groups is 1. The van der Waals surface area contributed by atoms with E-state index in [0.29, 0.717) is 18.1 Å². The Kier molecular flexibility index (Phi) is 13.3. The van der Waals surface area contributed by atoms with Crippen LogP contribution in [-0.4, -0.2) is 58.4 Å². The van der Waals surface area contributed by atoms with Crippen LogP contribution in [0.3, 0.4) is 0 Å². The highest BCUT2D eigenvalue weighted by atomic mass is 16.6. The molecule has 36 heavy (non-hydrogen) atoms. The van der Waals surface area contributed by atoms with Crippen molar-refractivity contribution in [2.75, 3.05) is 6.61 Å². The summed E-state index contributed by atoms with van der Waals surface area (Å²) in [6.07, 6.45) is 9.66. The van der Waals surface area contributed by atoms with Gasteiger partial charge in [-0.25, -0.2) is 24.0 Å². The second kappa shape index (κ2) is 14.8. The Balaban J connectivity index is 0.000000491. The van der Waals surface area contributed by atoms with E-state index in [2.05, 4.69) is 34.8 Å². The summed E-state index contributed by atoms with van der Waals surface area (Å²) in [5.41, 5.74) is -0.00197. The van der Waals surface area contributed by atoms with E-state index in [0.717, 1.165) is 31.4 Å². The van der Waals surface area contributed by atoms with Gasteiger partial charge in [0, 0.05) is 23.6 Å². The zero-order valence-corrected chi connectivity index (χ0v) is 21.4. The van der Waals surface area contributed by atoms with Gasteiger partial charge in [0.25, 0.3) is 0 Å². The maximum absolute atomic E-state index is 11.4. The van der Waals surface area contributed by atoms with Gasteiger partial charge in [0.1, 0.15) is 11.7 Å². The summed E-state index contributed by atoms with van der Waals surface area (Å²) >= 11 is 0. The fraction of sp³-hybridized carbons (Fsp3) is 0.500. The van der Waals surface area contributed by atoms with Gasteiger partial charge in [-0.1, -0.05) is 25.3 Å². The molecule has 1 fully saturated rings. The number of rotatable bonds is 5. The van der Waals surface area contributed by atoms with Crippen molar-refractivity contribution in [2.45, 2.75) is 65.6 Å². The number of carbonyl (C=O) groups excluding carboxylic acids is 4. The maximum atomic E-state index is 11.4. The lowest BCUT2D eigenvalue weighted by molar-refractivity contribution is -0.152. The van der Waals surface area contributed by atoms with E-state index in [1.165, 1.54) is 13.0 Å². The van der Waals surface area contributed by atoms with Crippen LogP contribution in [0.25, 0.3) is 0 Å². The van der Waals surface area contributed by atoms with Gasteiger partial charge in [-0.15, -0.1) is 0 Å². The lowest BCUT2D eigenvalue weighted by Gasteiger charge is -2.22. The number of carboxylic acid groups (broad SMARTS) is 1. The molecule has 0 radical (unpaired) electrons. The van der Waals surface area contributed by atoms with Gasteiger partial charge in [-0.2, -0.15) is 0 Å². The van der Waals surface area contributed by atoms with Gasteiger partial charge < -0.3 is 24.4 Å². The van der Waals surface area contributed by atoms with Crippen LogP contribution in [0.4, 0.5) is 0 Å². The summed E-state index contributed by atoms with van der Waals surface area (Å²) in [5, 5.41) is 16.1. The Morgan fingerprint density at radius 3 is 2.06 bits per heavy atom. The van der Waals surface area contributed by atoms with E-state index >= 15 is 0 Å². The summed E-state index contributed by atoms with van der Waals surface area (Å²) in [6.45, 7) is 15.1. The van der Waals surface area contributed by atoms with Crippen molar-refractivity contribution in [1.82, 2.24) is 0 Å². The van der Waals surface area contributed by atoms with Crippen molar-refractivity contribution in [3.63, 3.8) is 0 Å². The summed E-state index contributed by atoms with van der Waals surface area (Å²) < 4.78 is 13.8. The number of aliphatic carboxylic acids is 1. The molecule has 0 spiro atoms. The third kappa shape index (κ3) is 11.7. The summed E-state index contributed by atoms with van der Waals surface area (Å²) in [6, 6.07) is 0. The number of fused-ring (bicyclic) bond motifs is 2. The van der Waals surface area contributed by atoms with Crippen molar-refractivity contribution in [2.24, 2.45) is 11.3 Å². The molecule has 2 bridgehead atoms. The predicted molar refractivity (Wildman–Crippen MR) is 130 cm³/mol. The topological polar surface area (TPSA) is 154 Å². The number of carboxylic acids is 1. The van der Waals surface area contributed by atoms with Gasteiger partial charge in [-0.05, 0) is 59.8 Å². The van der Waals surface area contributed by atoms with E-state index in [4.69, 9.17) is 14.9 Å². The number of ether oxygens (including phenoxy) is 3. The number of allylic oxidation sites excluding steroid dienone is 2. The normalized spacial score (nSPS) is 21.6. The smallest absolute Gasteiger partial charge is 0.343 e. The molecule has 0 aromatic heterocycles. The second-order valence-corrected chi connectivity index (χ2v) is 8.99. The largest absolute Gasteiger partial charge is 0.478 e. The van der Waals surface area contributed by atoms with E-state index < -0.39 is 35.6 Å². The first kappa shape index (κ1) is 32.5. The molecular weight excluding hydrogens is 472 g/mol. The minimum Gasteiger partial charge on any atom is -0.478 e. The Labute approximate surface area is 211 Å². The molecule has 2 aliphatic carbocycles. The Morgan fingerprint density at radius 2 is 1.83 bits per heavy atom. The van der Waals surface area contributed by atoms with Crippen LogP contribution < -0.4 is 0 Å². The molecule has 0 saturated heterocycles. The fourth-order valence-electron chi connectivity index (χ4n) is 3.39. The van der Waals surface area contributed by atoms with E-state index in [1.54, 1.807) is 6.92 Å². The molecule has 200 valence electrons. The summed E-state index contributed by atoms with van der Waals surface area (Å²) in [7, 11) is 0. The van der Waals surface area contributed by atoms with Gasteiger partial charge in [-0.3, -0.25) is 0 Å². The molecule has 3 rings (SSSR count). The molecule has 1 saturated carbocycles. The molecule has 3 unspecified atom stereocenters. The first-order valence-corrected chi connectivity index (χ1v) is 11.3. The van der Waals surface area contributed by atoms with E-state index in [9.17, 15) is 24.0 Å². The van der Waals surface area contributed by atoms with Crippen LogP contribution in [0.15, 0.2) is 49.1 Å². The third-order valence-electron chi connectivity index (χ3n) is 4.86. The number of hydrogen-bond donors (Lipinski definition) is 2. The fourth-order valence-corrected chi connectivity index (χ4v) is 3.39. The average Bonchev–Trinajstić information content (AvgIpc) is 3.48. The number of carbonyl (C=O) groups is 5. The first-order chi connectivity index (χ1) is 16.6. The van der Waals surface area contributed by atoms with Gasteiger partial charge >= 0.3 is 29.8 Å². The molecule has 3 atom stereocenters. The van der Waals surface area contributed by atoms with Crippen LogP contribution in [0.1, 0.15) is 53.9 Å². The number of aliphatic hydroxyl groups excluding tert-OH is 1. The minimum absolute atomic E-state index is 0.173. The standard InChI is InChI=1S/C11H10O3.C7H12O2.C5H10O3.C3H4O2/c12-9-5-8(10(13)14-9)11-3-1-7(6-11)2-4-11;1-5-6(8)9-7(2,3)4;1-3-8-5(7)4(2)6;1-2-3(4)5/h1,3,5,7H,2,4,6H2;5H,1H2,2-4H3;4,6H,3H2,1-2H3;2H,1H2,(H,4,5). The molecular formula is C26H36O10. The Hall–Kier alpha value is -3.53. The Bertz CT molecular complexity index is 904. The van der Waals surface area contributed by atoms with Crippen LogP contribution in [0, 0.1) is 11.3 Å². The van der Waals surface area contributed by atoms with Crippen molar-refractivity contribution in [1.29, 1.82) is 0 Å². The molecule has 1 aliphatic heterocycles. The quantitative estimate of drug-likeness (QED) is 0.186. The van der Waals surface area contributed by atoms with Gasteiger partial charge in [0.2, 0.25) is 0 Å². The van der Waals surface area contributed by atoms with Crippen LogP contribution in [-0.2, 0) is 38.2 Å². The third-order valence-corrected chi connectivity index (χ3v) is 4.86. The van der Waals surface area contributed by atoms with E-state index in [-0.39, 0.29) is 11.4 Å². The van der Waals surface area contributed by atoms with Crippen molar-refractivity contribution >= 4 is 29.8 Å². The van der Waals surface area contributed by atoms with Gasteiger partial charge in [0.05, 0.1) is 12.2 Å². The highest BCUT2D eigenvalue weighted by Gasteiger charge is 2.48. The van der Waals surface area contributed by atoms with Crippen molar-refractivity contribution < 1.29 is 48.4 Å². The SMILES string of the molecule is C=CC(=O)O.C=CC(=O)OC(C)(C)C.CCOC(=O)C(C)O.O=C1C=C(C23C=CC(CC2)C3)C(=O)O1. The van der Waals surface area contributed by atoms with Crippen LogP contribution in [0.2, 0.25) is 0 Å². The number of esters is 4. The molecule has 3 aliphatic rings. The number of hydrogen-bond acceptors (Lipinski definition) is 9. The lowest BCUT2D eigenvalue weighted by atomic mass is 9.80. The maximum Gasteiger partial charge on any atom is 0.343 e. The highest BCUT2D eigenvalue weighted by Crippen LogP contribution is 2.54.